The Morgan fingerprint density at radius 3 is 2.91 bits per heavy atom. The van der Waals surface area contributed by atoms with Crippen molar-refractivity contribution in [3.63, 3.8) is 0 Å². The van der Waals surface area contributed by atoms with Crippen LogP contribution in [0.1, 0.15) is 34.3 Å². The SMILES string of the molecule is CC1CCO[C@@H]2Cn3cc(-c4ncc(Cc5ccc(F)cc5F)s4)c(=O)c(O)c3C(=O)N12. The van der Waals surface area contributed by atoms with Crippen molar-refractivity contribution >= 4 is 17.2 Å². The maximum atomic E-state index is 14.0. The highest BCUT2D eigenvalue weighted by atomic mass is 32.1. The van der Waals surface area contributed by atoms with Gasteiger partial charge in [-0.1, -0.05) is 6.07 Å². The molecule has 166 valence electrons. The average Bonchev–Trinajstić information content (AvgIpc) is 3.21. The molecule has 0 radical (unpaired) electrons. The first kappa shape index (κ1) is 20.8. The monoisotopic (exact) mass is 459 g/mol. The number of pyridine rings is 1. The van der Waals surface area contributed by atoms with E-state index in [1.165, 1.54) is 40.4 Å². The molecule has 1 saturated heterocycles. The summed E-state index contributed by atoms with van der Waals surface area (Å²) in [6, 6.07) is 3.31. The maximum absolute atomic E-state index is 14.0. The summed E-state index contributed by atoms with van der Waals surface area (Å²) in [5, 5.41) is 10.9. The molecule has 1 amide bonds. The molecule has 0 aliphatic carbocycles. The van der Waals surface area contributed by atoms with Gasteiger partial charge in [-0.3, -0.25) is 9.59 Å². The number of thiazole rings is 1. The molecule has 1 aromatic carbocycles. The molecule has 4 heterocycles. The molecule has 3 aromatic rings. The van der Waals surface area contributed by atoms with Gasteiger partial charge in [-0.15, -0.1) is 11.3 Å². The second kappa shape index (κ2) is 7.79. The van der Waals surface area contributed by atoms with E-state index in [2.05, 4.69) is 4.98 Å². The van der Waals surface area contributed by atoms with Gasteiger partial charge in [0.1, 0.15) is 16.6 Å². The number of carbonyl (C=O) groups is 1. The maximum Gasteiger partial charge on any atom is 0.276 e. The summed E-state index contributed by atoms with van der Waals surface area (Å²) in [6.07, 6.45) is 3.42. The van der Waals surface area contributed by atoms with Gasteiger partial charge >= 0.3 is 0 Å². The zero-order valence-electron chi connectivity index (χ0n) is 17.0. The topological polar surface area (TPSA) is 84.7 Å². The molecule has 0 saturated carbocycles. The van der Waals surface area contributed by atoms with Crippen molar-refractivity contribution < 1.29 is 23.4 Å². The first-order valence-corrected chi connectivity index (χ1v) is 10.9. The van der Waals surface area contributed by atoms with Crippen LogP contribution in [-0.2, 0) is 17.7 Å². The predicted molar refractivity (Wildman–Crippen MR) is 113 cm³/mol. The minimum absolute atomic E-state index is 0.0578. The summed E-state index contributed by atoms with van der Waals surface area (Å²) >= 11 is 1.17. The van der Waals surface area contributed by atoms with Crippen LogP contribution >= 0.6 is 11.3 Å². The van der Waals surface area contributed by atoms with E-state index >= 15 is 0 Å². The van der Waals surface area contributed by atoms with Gasteiger partial charge in [-0.2, -0.15) is 0 Å². The van der Waals surface area contributed by atoms with E-state index < -0.39 is 34.9 Å². The summed E-state index contributed by atoms with van der Waals surface area (Å²) in [5.74, 6) is -2.37. The first-order valence-electron chi connectivity index (χ1n) is 10.1. The molecule has 32 heavy (non-hydrogen) atoms. The minimum atomic E-state index is -0.692. The lowest BCUT2D eigenvalue weighted by Gasteiger charge is -2.44. The Hall–Kier alpha value is -3.11. The molecule has 2 atom stereocenters. The molecule has 0 spiro atoms. The molecule has 2 aliphatic heterocycles. The quantitative estimate of drug-likeness (QED) is 0.651. The Morgan fingerprint density at radius 1 is 1.31 bits per heavy atom. The first-order chi connectivity index (χ1) is 15.3. The number of aromatic nitrogens is 2. The molecule has 5 rings (SSSR count). The van der Waals surface area contributed by atoms with E-state index in [9.17, 15) is 23.5 Å². The largest absolute Gasteiger partial charge is 0.503 e. The summed E-state index contributed by atoms with van der Waals surface area (Å²) in [5.41, 5.74) is -0.298. The second-order valence-corrected chi connectivity index (χ2v) is 9.06. The summed E-state index contributed by atoms with van der Waals surface area (Å²) in [6.45, 7) is 2.72. The summed E-state index contributed by atoms with van der Waals surface area (Å²) < 4.78 is 34.4. The highest BCUT2D eigenvalue weighted by Crippen LogP contribution is 2.32. The minimum Gasteiger partial charge on any atom is -0.503 e. The number of rotatable bonds is 3. The van der Waals surface area contributed by atoms with Crippen molar-refractivity contribution in [2.75, 3.05) is 6.61 Å². The number of aromatic hydroxyl groups is 1. The smallest absolute Gasteiger partial charge is 0.276 e. The lowest BCUT2D eigenvalue weighted by molar-refractivity contribution is -0.112. The highest BCUT2D eigenvalue weighted by molar-refractivity contribution is 7.15. The van der Waals surface area contributed by atoms with Crippen LogP contribution in [0.5, 0.6) is 5.75 Å². The van der Waals surface area contributed by atoms with Crippen molar-refractivity contribution in [3.05, 3.63) is 68.6 Å². The zero-order valence-corrected chi connectivity index (χ0v) is 17.9. The van der Waals surface area contributed by atoms with Crippen molar-refractivity contribution in [3.8, 4) is 16.3 Å². The van der Waals surface area contributed by atoms with E-state index in [4.69, 9.17) is 4.74 Å². The normalized spacial score (nSPS) is 20.2. The number of hydrogen-bond donors (Lipinski definition) is 1. The fourth-order valence-corrected chi connectivity index (χ4v) is 5.12. The van der Waals surface area contributed by atoms with Gasteiger partial charge < -0.3 is 19.3 Å². The number of fused-ring (bicyclic) bond motifs is 2. The molecule has 2 aliphatic rings. The van der Waals surface area contributed by atoms with Gasteiger partial charge in [0, 0.05) is 35.8 Å². The fourth-order valence-electron chi connectivity index (χ4n) is 4.18. The van der Waals surface area contributed by atoms with Crippen molar-refractivity contribution in [2.45, 2.75) is 38.6 Å². The van der Waals surface area contributed by atoms with E-state index in [1.807, 2.05) is 6.92 Å². The number of halogens is 2. The predicted octanol–water partition coefficient (Wildman–Crippen LogP) is 3.14. The molecule has 10 heteroatoms. The molecule has 7 nitrogen and oxygen atoms in total. The lowest BCUT2D eigenvalue weighted by Crippen LogP contribution is -2.56. The van der Waals surface area contributed by atoms with Gasteiger partial charge in [0.2, 0.25) is 5.43 Å². The van der Waals surface area contributed by atoms with E-state index in [-0.39, 0.29) is 30.3 Å². The van der Waals surface area contributed by atoms with Gasteiger partial charge in [0.25, 0.3) is 5.91 Å². The molecule has 1 fully saturated rings. The zero-order chi connectivity index (χ0) is 22.6. The van der Waals surface area contributed by atoms with Crippen LogP contribution in [0.25, 0.3) is 10.6 Å². The third-order valence-corrected chi connectivity index (χ3v) is 6.87. The van der Waals surface area contributed by atoms with Gasteiger partial charge in [0.15, 0.2) is 17.7 Å². The van der Waals surface area contributed by atoms with Gasteiger partial charge in [-0.25, -0.2) is 13.8 Å². The summed E-state index contributed by atoms with van der Waals surface area (Å²) in [7, 11) is 0. The molecule has 1 unspecified atom stereocenters. The van der Waals surface area contributed by atoms with E-state index in [0.29, 0.717) is 28.5 Å². The molecule has 1 N–H and O–H groups in total. The van der Waals surface area contributed by atoms with Crippen LogP contribution in [0, 0.1) is 11.6 Å². The number of carbonyl (C=O) groups excluding carboxylic acids is 1. The number of ether oxygens (including phenoxy) is 1. The van der Waals surface area contributed by atoms with Crippen LogP contribution in [0.4, 0.5) is 8.78 Å². The van der Waals surface area contributed by atoms with Gasteiger partial charge in [0.05, 0.1) is 18.7 Å². The van der Waals surface area contributed by atoms with Crippen LogP contribution in [0.2, 0.25) is 0 Å². The lowest BCUT2D eigenvalue weighted by atomic mass is 10.1. The number of nitrogens with zero attached hydrogens (tertiary/aromatic N) is 3. The molecular weight excluding hydrogens is 440 g/mol. The third-order valence-electron chi connectivity index (χ3n) is 5.84. The van der Waals surface area contributed by atoms with Crippen molar-refractivity contribution in [1.82, 2.24) is 14.5 Å². The molecule has 0 bridgehead atoms. The second-order valence-electron chi connectivity index (χ2n) is 7.94. The highest BCUT2D eigenvalue weighted by Gasteiger charge is 2.40. The Morgan fingerprint density at radius 2 is 2.12 bits per heavy atom. The van der Waals surface area contributed by atoms with Crippen LogP contribution in [-0.4, -0.2) is 44.3 Å². The van der Waals surface area contributed by atoms with Crippen LogP contribution in [0.15, 0.2) is 35.4 Å². The fraction of sp³-hybridized carbons (Fsp3) is 0.318. The molecular formula is C22H19F2N3O4S. The van der Waals surface area contributed by atoms with Crippen molar-refractivity contribution in [1.29, 1.82) is 0 Å². The standard InChI is InChI=1S/C22H19F2N3O4S/c1-11-4-5-31-17-10-26-9-15(19(28)20(29)18(26)22(30)27(11)17)21-25-8-14(32-21)6-12-2-3-13(23)7-16(12)24/h2-3,7-9,11,17,29H,4-6,10H2,1H3/t11?,17-/m1/s1. The van der Waals surface area contributed by atoms with Crippen LogP contribution in [0.3, 0.4) is 0 Å². The number of amides is 1. The number of benzene rings is 1. The third kappa shape index (κ3) is 3.39. The Bertz CT molecular complexity index is 1290. The van der Waals surface area contributed by atoms with E-state index in [0.717, 1.165) is 6.07 Å². The van der Waals surface area contributed by atoms with Gasteiger partial charge in [-0.05, 0) is 25.0 Å². The average molecular weight is 459 g/mol. The Kier molecular flexibility index (Phi) is 5.06. The number of hydrogen-bond acceptors (Lipinski definition) is 6. The van der Waals surface area contributed by atoms with Crippen LogP contribution < -0.4 is 5.43 Å². The molecule has 2 aromatic heterocycles. The van der Waals surface area contributed by atoms with E-state index in [1.54, 1.807) is 4.90 Å². The Labute approximate surface area is 185 Å². The Balaban J connectivity index is 1.50. The summed E-state index contributed by atoms with van der Waals surface area (Å²) in [4.78, 5) is 32.4. The van der Waals surface area contributed by atoms with Crippen molar-refractivity contribution in [2.24, 2.45) is 0 Å².